The summed E-state index contributed by atoms with van der Waals surface area (Å²) in [5.74, 6) is 0.471. The Hall–Kier alpha value is -6.72. The van der Waals surface area contributed by atoms with Crippen molar-refractivity contribution >= 4 is 41.5 Å². The lowest BCUT2D eigenvalue weighted by Gasteiger charge is -2.47. The van der Waals surface area contributed by atoms with E-state index in [1.54, 1.807) is 30.5 Å². The molecule has 8 N–H and O–H groups in total. The van der Waals surface area contributed by atoms with Gasteiger partial charge in [-0.1, -0.05) is 24.0 Å². The number of nitrogens with zero attached hydrogens (tertiary/aromatic N) is 5. The number of allylic oxidation sites excluding steroid dienone is 1. The lowest BCUT2D eigenvalue weighted by molar-refractivity contribution is -0.735. The van der Waals surface area contributed by atoms with E-state index in [0.29, 0.717) is 67.9 Å². The molecule has 0 aliphatic carbocycles. The Morgan fingerprint density at radius 2 is 1.47 bits per heavy atom. The highest BCUT2D eigenvalue weighted by atomic mass is 19.4. The van der Waals surface area contributed by atoms with Gasteiger partial charge in [-0.15, -0.1) is 5.01 Å². The molecule has 2 bridgehead atoms. The number of benzene rings is 2. The fourth-order valence-electron chi connectivity index (χ4n) is 9.48. The van der Waals surface area contributed by atoms with Gasteiger partial charge in [0.1, 0.15) is 23.5 Å². The number of fused-ring (bicyclic) bond motifs is 2. The van der Waals surface area contributed by atoms with Gasteiger partial charge in [0.25, 0.3) is 0 Å². The third-order valence-corrected chi connectivity index (χ3v) is 14.4. The number of aliphatic hydroxyl groups is 1. The Morgan fingerprint density at radius 1 is 0.897 bits per heavy atom. The number of hydrogen-bond donors (Lipinski definition) is 6. The summed E-state index contributed by atoms with van der Waals surface area (Å²) in [5, 5.41) is 19.0. The second-order valence-electron chi connectivity index (χ2n) is 20.7. The number of aromatic nitrogens is 1. The molecule has 25 heteroatoms. The van der Waals surface area contributed by atoms with Gasteiger partial charge in [-0.05, 0) is 95.0 Å². The maximum atomic E-state index is 15.9. The Labute approximate surface area is 446 Å². The first-order valence-electron chi connectivity index (χ1n) is 24.9. The molecule has 3 aliphatic heterocycles. The molecule has 4 amide bonds. The number of halogens is 8. The minimum Gasteiger partial charge on any atom is -0.453 e. The van der Waals surface area contributed by atoms with Crippen molar-refractivity contribution in [3.8, 4) is 11.8 Å². The average Bonchev–Trinajstić information content (AvgIpc) is 3.65. The number of rotatable bonds is 19. The third-order valence-electron chi connectivity index (χ3n) is 14.4. The van der Waals surface area contributed by atoms with Crippen LogP contribution in [0.15, 0.2) is 65.8 Å². The Bertz CT molecular complexity index is 2720. The minimum atomic E-state index is -5.16. The summed E-state index contributed by atoms with van der Waals surface area (Å²) in [6, 6.07) is 6.61. The summed E-state index contributed by atoms with van der Waals surface area (Å²) in [4.78, 5) is 66.0. The van der Waals surface area contributed by atoms with Crippen molar-refractivity contribution in [3.63, 3.8) is 0 Å². The number of carbonyl (C=O) groups excluding carboxylic acids is 4. The molecule has 6 atom stereocenters. The molecular weight excluding hydrogens is 1040 g/mol. The molecule has 3 fully saturated rings. The second-order valence-corrected chi connectivity index (χ2v) is 20.7. The summed E-state index contributed by atoms with van der Waals surface area (Å²) >= 11 is 0. The van der Waals surface area contributed by atoms with Crippen molar-refractivity contribution in [3.05, 3.63) is 100 Å². The molecule has 3 aliphatic rings. The SMILES string of the molecule is CN=CC=C(N)c1cc(F)c(CN(CC(O)C(Cc2ccc(C#Cc3ccc(N4CC5CCC(C4)N5C4COC4)nc3)cc2)NC(=O)C(NC(C)=O)C(C)(C)C(F)(F)F)[NH2+]C(=O)C(NC(=O)OC)C(C)(C)C(F)(F)F)c(F)c1. The number of ether oxygens (including phenoxy) is 2. The number of nitrogens with one attached hydrogen (secondary N) is 3. The highest BCUT2D eigenvalue weighted by Crippen LogP contribution is 2.42. The van der Waals surface area contributed by atoms with E-state index in [9.17, 15) is 50.6 Å². The average molecular weight is 1110 g/mol. The maximum absolute atomic E-state index is 15.9. The number of alkyl halides is 6. The van der Waals surface area contributed by atoms with E-state index in [0.717, 1.165) is 76.1 Å². The highest BCUT2D eigenvalue weighted by molar-refractivity contribution is 5.88. The molecule has 17 nitrogen and oxygen atoms in total. The molecule has 0 radical (unpaired) electrons. The monoisotopic (exact) mass is 1110 g/mol. The van der Waals surface area contributed by atoms with Crippen LogP contribution in [0.3, 0.4) is 0 Å². The number of hydrogen-bond acceptors (Lipinski definition) is 13. The summed E-state index contributed by atoms with van der Waals surface area (Å²) in [5.41, 5.74) is 0.878. The number of methoxy groups -OCH3 is 1. The number of quaternary nitrogens is 1. The van der Waals surface area contributed by atoms with E-state index in [1.807, 2.05) is 22.8 Å². The van der Waals surface area contributed by atoms with E-state index < -0.39 is 108 Å². The highest BCUT2D eigenvalue weighted by Gasteiger charge is 2.58. The standard InChI is InChI=1S/C53H64F8N10O7/c1-30(72)65-45(50(2,3)52(56,57)58)47(74)66-42(20-32-11-8-31(9-12-32)10-13-33-14-17-44(64-23-33)69-24-35-15-16-36(25-69)71(35)37-28-78-29-37)43(73)27-70(26-38-39(54)21-34(22-40(38)55)41(62)18-19-63-6)68-48(75)46(67-49(76)77-7)51(4,5)53(59,60)61/h8-9,11-12,14,17-19,21-23,35-37,42-43,45-46,73H,15-16,20,24-29,62H2,1-7H3,(H,65,72)(H,66,74)(H,67,76)(H,68,75)/p+1. The molecule has 6 unspecified atom stereocenters. The van der Waals surface area contributed by atoms with Crippen molar-refractivity contribution in [1.29, 1.82) is 0 Å². The van der Waals surface area contributed by atoms with Gasteiger partial charge < -0.3 is 41.2 Å². The molecule has 0 spiro atoms. The number of amides is 4. The van der Waals surface area contributed by atoms with Crippen molar-refractivity contribution in [2.45, 2.75) is 115 Å². The number of alkyl carbamates (subject to hydrolysis) is 1. The lowest BCUT2D eigenvalue weighted by atomic mass is 9.82. The first-order chi connectivity index (χ1) is 36.5. The molecule has 78 heavy (non-hydrogen) atoms. The van der Waals surface area contributed by atoms with E-state index in [4.69, 9.17) is 10.5 Å². The van der Waals surface area contributed by atoms with Gasteiger partial charge in [0, 0.05) is 79.5 Å². The number of aliphatic imine (C=N–C) groups is 1. The van der Waals surface area contributed by atoms with E-state index >= 15 is 8.78 Å². The predicted octanol–water partition coefficient (Wildman–Crippen LogP) is 4.11. The zero-order chi connectivity index (χ0) is 57.5. The molecule has 3 saturated heterocycles. The molecule has 4 heterocycles. The molecule has 3 aromatic rings. The fraction of sp³-hybridized carbons (Fsp3) is 0.509. The Kier molecular flexibility index (Phi) is 19.4. The normalized spacial score (nSPS) is 19.1. The van der Waals surface area contributed by atoms with Crippen LogP contribution in [-0.2, 0) is 36.8 Å². The topological polar surface area (TPSA) is 221 Å². The van der Waals surface area contributed by atoms with Crippen LogP contribution in [-0.4, -0.2) is 152 Å². The zero-order valence-electron chi connectivity index (χ0n) is 44.1. The van der Waals surface area contributed by atoms with Gasteiger partial charge in [-0.2, -0.15) is 26.3 Å². The lowest BCUT2D eigenvalue weighted by Crippen LogP contribution is -3.00. The predicted molar refractivity (Wildman–Crippen MR) is 271 cm³/mol. The number of anilines is 1. The third kappa shape index (κ3) is 14.5. The van der Waals surface area contributed by atoms with E-state index in [2.05, 4.69) is 41.7 Å². The summed E-state index contributed by atoms with van der Waals surface area (Å²) in [6.45, 7) is 4.69. The minimum absolute atomic E-state index is 0.121. The molecule has 0 saturated carbocycles. The van der Waals surface area contributed by atoms with Crippen LogP contribution in [0.25, 0.3) is 5.70 Å². The molecule has 6 rings (SSSR count). The summed E-state index contributed by atoms with van der Waals surface area (Å²) in [6.07, 6.45) is -7.71. The summed E-state index contributed by atoms with van der Waals surface area (Å²) < 4.78 is 129. The smallest absolute Gasteiger partial charge is 0.407 e. The molecule has 2 aromatic carbocycles. The van der Waals surface area contributed by atoms with Crippen LogP contribution < -0.4 is 32.0 Å². The van der Waals surface area contributed by atoms with E-state index in [-0.39, 0.29) is 11.3 Å². The number of pyridine rings is 1. The number of nitrogens with two attached hydrogens (primary N) is 2. The van der Waals surface area contributed by atoms with Gasteiger partial charge in [-0.3, -0.25) is 19.5 Å². The maximum Gasteiger partial charge on any atom is 0.407 e. The number of piperazine rings is 1. The number of aliphatic hydroxyl groups excluding tert-OH is 1. The molecule has 424 valence electrons. The fourth-order valence-corrected chi connectivity index (χ4v) is 9.48. The van der Waals surface area contributed by atoms with Crippen LogP contribution >= 0.6 is 0 Å². The Balaban J connectivity index is 1.30. The van der Waals surface area contributed by atoms with Crippen LogP contribution in [0.2, 0.25) is 0 Å². The zero-order valence-corrected chi connectivity index (χ0v) is 44.1. The van der Waals surface area contributed by atoms with Gasteiger partial charge >= 0.3 is 24.4 Å². The molecule has 1 aromatic heterocycles. The summed E-state index contributed by atoms with van der Waals surface area (Å²) in [7, 11) is 2.24. The largest absolute Gasteiger partial charge is 0.453 e. The van der Waals surface area contributed by atoms with Crippen molar-refractivity contribution in [2.24, 2.45) is 21.6 Å². The first kappa shape index (κ1) is 60.5. The van der Waals surface area contributed by atoms with Crippen LogP contribution in [0.4, 0.5) is 45.7 Å². The van der Waals surface area contributed by atoms with Gasteiger partial charge in [0.05, 0.1) is 62.4 Å². The number of carbonyl (C=O) groups is 4. The van der Waals surface area contributed by atoms with Gasteiger partial charge in [-0.25, -0.2) is 28.8 Å². The first-order valence-corrected chi connectivity index (χ1v) is 24.9. The van der Waals surface area contributed by atoms with E-state index in [1.165, 1.54) is 19.3 Å². The van der Waals surface area contributed by atoms with Crippen LogP contribution in [0.5, 0.6) is 0 Å². The van der Waals surface area contributed by atoms with Crippen molar-refractivity contribution in [2.75, 3.05) is 51.9 Å². The molecular formula is C53H65F8N10O7+. The Morgan fingerprint density at radius 3 is 1.99 bits per heavy atom. The van der Waals surface area contributed by atoms with Gasteiger partial charge in [0.2, 0.25) is 11.8 Å². The van der Waals surface area contributed by atoms with Crippen LogP contribution in [0.1, 0.15) is 75.3 Å². The van der Waals surface area contributed by atoms with Crippen LogP contribution in [0, 0.1) is 34.3 Å². The quantitative estimate of drug-likeness (QED) is 0.0329. The van der Waals surface area contributed by atoms with Gasteiger partial charge in [0.15, 0.2) is 6.04 Å². The van der Waals surface area contributed by atoms with Crippen molar-refractivity contribution in [1.82, 2.24) is 30.8 Å². The number of primary amides is 1. The second kappa shape index (κ2) is 24.9. The van der Waals surface area contributed by atoms with Crippen molar-refractivity contribution < 1.29 is 74.3 Å².